The summed E-state index contributed by atoms with van der Waals surface area (Å²) in [6.45, 7) is 17.7. The lowest BCUT2D eigenvalue weighted by atomic mass is 9.72. The number of rotatable bonds is 7. The number of hydrogen-bond acceptors (Lipinski definition) is 2. The van der Waals surface area contributed by atoms with Crippen LogP contribution in [0.25, 0.3) is 0 Å². The zero-order chi connectivity index (χ0) is 25.4. The topological polar surface area (TPSA) is 52.0 Å². The monoisotopic (exact) mass is 476 g/mol. The minimum Gasteiger partial charge on any atom is -0.398 e. The van der Waals surface area contributed by atoms with E-state index in [9.17, 15) is 0 Å². The van der Waals surface area contributed by atoms with Gasteiger partial charge in [-0.15, -0.1) is 0 Å². The molecule has 0 heterocycles. The van der Waals surface area contributed by atoms with Crippen molar-refractivity contribution in [2.45, 2.75) is 85.5 Å². The van der Waals surface area contributed by atoms with E-state index in [-0.39, 0.29) is 10.8 Å². The first-order valence-electron chi connectivity index (χ1n) is 12.5. The Kier molecular flexibility index (Phi) is 7.43. The van der Waals surface area contributed by atoms with Crippen molar-refractivity contribution >= 4 is 23.0 Å². The second-order valence-electron chi connectivity index (χ2n) is 10.5. The predicted molar refractivity (Wildman–Crippen MR) is 150 cm³/mol. The molecule has 0 fully saturated rings. The van der Waals surface area contributed by atoms with Gasteiger partial charge in [0.1, 0.15) is 0 Å². The lowest BCUT2D eigenvalue weighted by Gasteiger charge is -2.33. The third-order valence-corrected chi connectivity index (χ3v) is 8.21. The van der Waals surface area contributed by atoms with Crippen LogP contribution in [0.5, 0.6) is 0 Å². The summed E-state index contributed by atoms with van der Waals surface area (Å²) >= 11 is 6.98. The average Bonchev–Trinajstić information content (AvgIpc) is 2.81. The molecule has 0 saturated carbocycles. The lowest BCUT2D eigenvalue weighted by molar-refractivity contribution is 0.616. The molecule has 34 heavy (non-hydrogen) atoms. The normalized spacial score (nSPS) is 12.3. The van der Waals surface area contributed by atoms with Crippen molar-refractivity contribution in [3.63, 3.8) is 0 Å². The van der Waals surface area contributed by atoms with Crippen molar-refractivity contribution in [3.8, 4) is 0 Å². The van der Waals surface area contributed by atoms with Crippen LogP contribution >= 0.6 is 11.6 Å². The molecule has 0 aromatic heterocycles. The number of benzene rings is 3. The highest BCUT2D eigenvalue weighted by atomic mass is 35.5. The fourth-order valence-electron chi connectivity index (χ4n) is 5.03. The fourth-order valence-corrected chi connectivity index (χ4v) is 5.55. The Morgan fingerprint density at radius 1 is 0.706 bits per heavy atom. The van der Waals surface area contributed by atoms with Gasteiger partial charge < -0.3 is 11.5 Å². The smallest absolute Gasteiger partial charge is 0.0499 e. The first kappa shape index (κ1) is 26.2. The Morgan fingerprint density at radius 2 is 1.26 bits per heavy atom. The molecule has 3 aromatic carbocycles. The highest BCUT2D eigenvalue weighted by Crippen LogP contribution is 2.43. The summed E-state index contributed by atoms with van der Waals surface area (Å²) in [4.78, 5) is 0. The molecule has 3 aromatic rings. The molecule has 0 radical (unpaired) electrons. The second kappa shape index (κ2) is 9.66. The van der Waals surface area contributed by atoms with Crippen LogP contribution in [0.15, 0.2) is 42.5 Å². The molecule has 0 aliphatic rings. The Bertz CT molecular complexity index is 1200. The van der Waals surface area contributed by atoms with Crippen LogP contribution in [0.1, 0.15) is 93.0 Å². The number of aryl methyl sites for hydroxylation is 3. The molecule has 4 N–H and O–H groups in total. The number of nitrogen functional groups attached to an aromatic ring is 2. The van der Waals surface area contributed by atoms with Crippen LogP contribution in [-0.2, 0) is 30.1 Å². The van der Waals surface area contributed by atoms with Gasteiger partial charge in [-0.1, -0.05) is 103 Å². The molecule has 0 bridgehead atoms. The van der Waals surface area contributed by atoms with Crippen LogP contribution in [0.3, 0.4) is 0 Å². The van der Waals surface area contributed by atoms with Gasteiger partial charge in [0.25, 0.3) is 0 Å². The SMILES string of the molecule is CCc1cc(C(C)(C)c2cccc(C(C)(C)c3cc(CC)c(N)c(CC)c3Cl)c2)cc(C)c1N. The van der Waals surface area contributed by atoms with Crippen molar-refractivity contribution in [3.05, 3.63) is 92.0 Å². The highest BCUT2D eigenvalue weighted by molar-refractivity contribution is 6.32. The zero-order valence-electron chi connectivity index (χ0n) is 22.2. The van der Waals surface area contributed by atoms with E-state index < -0.39 is 0 Å². The largest absolute Gasteiger partial charge is 0.398 e. The van der Waals surface area contributed by atoms with Crippen molar-refractivity contribution in [2.75, 3.05) is 11.5 Å². The van der Waals surface area contributed by atoms with E-state index in [1.165, 1.54) is 27.8 Å². The van der Waals surface area contributed by atoms with E-state index in [1.54, 1.807) is 0 Å². The van der Waals surface area contributed by atoms with Crippen molar-refractivity contribution < 1.29 is 0 Å². The summed E-state index contributed by atoms with van der Waals surface area (Å²) in [6, 6.07) is 15.7. The minimum absolute atomic E-state index is 0.164. The summed E-state index contributed by atoms with van der Waals surface area (Å²) in [5.41, 5.74) is 23.7. The quantitative estimate of drug-likeness (QED) is 0.338. The molecular weight excluding hydrogens is 436 g/mol. The molecule has 0 aliphatic heterocycles. The van der Waals surface area contributed by atoms with Crippen LogP contribution in [-0.4, -0.2) is 0 Å². The van der Waals surface area contributed by atoms with Crippen molar-refractivity contribution in [1.29, 1.82) is 0 Å². The lowest BCUT2D eigenvalue weighted by Crippen LogP contribution is -2.24. The summed E-state index contributed by atoms with van der Waals surface area (Å²) in [5, 5.41) is 0.800. The Morgan fingerprint density at radius 3 is 1.82 bits per heavy atom. The van der Waals surface area contributed by atoms with E-state index in [4.69, 9.17) is 23.1 Å². The zero-order valence-corrected chi connectivity index (χ0v) is 23.0. The predicted octanol–water partition coefficient (Wildman–Crippen LogP) is 8.15. The fraction of sp³-hybridized carbons (Fsp3) is 0.419. The van der Waals surface area contributed by atoms with Gasteiger partial charge in [-0.2, -0.15) is 0 Å². The van der Waals surface area contributed by atoms with Gasteiger partial charge in [0, 0.05) is 27.2 Å². The van der Waals surface area contributed by atoms with Crippen LogP contribution in [0, 0.1) is 6.92 Å². The molecule has 3 rings (SSSR count). The second-order valence-corrected chi connectivity index (χ2v) is 10.9. The summed E-state index contributed by atoms with van der Waals surface area (Å²) in [7, 11) is 0. The first-order chi connectivity index (χ1) is 15.9. The Balaban J connectivity index is 2.15. The third-order valence-electron chi connectivity index (χ3n) is 7.78. The Hall–Kier alpha value is -2.45. The molecular formula is C31H41ClN2. The standard InChI is InChI=1S/C31H41ClN2/c1-9-20-16-24(15-19(4)28(20)33)30(5,6)22-13-12-14-23(18-22)31(7,8)26-17-21(10-2)29(34)25(11-3)27(26)32/h12-18H,9-11,33-34H2,1-8H3. The maximum absolute atomic E-state index is 6.98. The van der Waals surface area contributed by atoms with Crippen LogP contribution in [0.2, 0.25) is 5.02 Å². The summed E-state index contributed by atoms with van der Waals surface area (Å²) in [6.07, 6.45) is 2.64. The van der Waals surface area contributed by atoms with E-state index >= 15 is 0 Å². The van der Waals surface area contributed by atoms with Crippen LogP contribution in [0.4, 0.5) is 11.4 Å². The first-order valence-corrected chi connectivity index (χ1v) is 12.9. The van der Waals surface area contributed by atoms with Gasteiger partial charge in [-0.25, -0.2) is 0 Å². The van der Waals surface area contributed by atoms with E-state index in [0.717, 1.165) is 52.4 Å². The number of anilines is 2. The van der Waals surface area contributed by atoms with E-state index in [2.05, 4.69) is 97.9 Å². The molecule has 0 aliphatic carbocycles. The average molecular weight is 477 g/mol. The minimum atomic E-state index is -0.268. The number of nitrogens with two attached hydrogens (primary N) is 2. The van der Waals surface area contributed by atoms with Crippen molar-refractivity contribution in [2.24, 2.45) is 0 Å². The van der Waals surface area contributed by atoms with Gasteiger partial charge in [-0.05, 0) is 70.7 Å². The molecule has 0 amide bonds. The van der Waals surface area contributed by atoms with Gasteiger partial charge in [0.2, 0.25) is 0 Å². The van der Waals surface area contributed by atoms with Gasteiger partial charge in [0.15, 0.2) is 0 Å². The highest BCUT2D eigenvalue weighted by Gasteiger charge is 2.31. The Labute approximate surface area is 211 Å². The van der Waals surface area contributed by atoms with Crippen LogP contribution < -0.4 is 11.5 Å². The number of halogens is 1. The summed E-state index contributed by atoms with van der Waals surface area (Å²) in [5.74, 6) is 0. The third kappa shape index (κ3) is 4.45. The summed E-state index contributed by atoms with van der Waals surface area (Å²) < 4.78 is 0. The van der Waals surface area contributed by atoms with E-state index in [1.807, 2.05) is 0 Å². The maximum Gasteiger partial charge on any atom is 0.0499 e. The van der Waals surface area contributed by atoms with Gasteiger partial charge in [-0.3, -0.25) is 0 Å². The molecule has 0 atom stereocenters. The molecule has 2 nitrogen and oxygen atoms in total. The van der Waals surface area contributed by atoms with E-state index in [0.29, 0.717) is 0 Å². The van der Waals surface area contributed by atoms with Gasteiger partial charge in [0.05, 0.1) is 0 Å². The molecule has 3 heteroatoms. The van der Waals surface area contributed by atoms with Crippen molar-refractivity contribution in [1.82, 2.24) is 0 Å². The molecule has 182 valence electrons. The molecule has 0 spiro atoms. The number of hydrogen-bond donors (Lipinski definition) is 2. The maximum atomic E-state index is 6.98. The molecule has 0 unspecified atom stereocenters. The van der Waals surface area contributed by atoms with Gasteiger partial charge >= 0.3 is 0 Å². The molecule has 0 saturated heterocycles.